The Kier molecular flexibility index (Phi) is 6.41. The van der Waals surface area contributed by atoms with Crippen LogP contribution in [0.4, 0.5) is 5.69 Å². The average Bonchev–Trinajstić information content (AvgIpc) is 3.28. The van der Waals surface area contributed by atoms with Gasteiger partial charge in [0.1, 0.15) is 0 Å². The minimum atomic E-state index is -0.241. The van der Waals surface area contributed by atoms with Gasteiger partial charge in [0.05, 0.1) is 4.88 Å². The lowest BCUT2D eigenvalue weighted by Crippen LogP contribution is -2.21. The second-order valence-electron chi connectivity index (χ2n) is 6.42. The highest BCUT2D eigenvalue weighted by Crippen LogP contribution is 2.18. The van der Waals surface area contributed by atoms with E-state index in [1.807, 2.05) is 30.5 Å². The molecular formula is C22H21N3O3S. The Labute approximate surface area is 173 Å². The number of carbonyl (C=O) groups excluding carboxylic acids is 3. The van der Waals surface area contributed by atoms with Crippen molar-refractivity contribution in [2.24, 2.45) is 0 Å². The lowest BCUT2D eigenvalue weighted by molar-refractivity contribution is 0.0949. The van der Waals surface area contributed by atoms with Crippen LogP contribution in [-0.4, -0.2) is 24.8 Å². The molecule has 0 bridgehead atoms. The maximum atomic E-state index is 12.5. The molecule has 3 N–H and O–H groups in total. The lowest BCUT2D eigenvalue weighted by atomic mass is 10.1. The van der Waals surface area contributed by atoms with Gasteiger partial charge in [0.2, 0.25) is 0 Å². The third-order valence-corrected chi connectivity index (χ3v) is 5.25. The first-order valence-corrected chi connectivity index (χ1v) is 9.90. The molecule has 0 aliphatic rings. The van der Waals surface area contributed by atoms with E-state index in [9.17, 15) is 14.4 Å². The Bertz CT molecular complexity index is 1030. The molecule has 2 aromatic carbocycles. The summed E-state index contributed by atoms with van der Waals surface area (Å²) in [6, 6.07) is 15.8. The van der Waals surface area contributed by atoms with Crippen molar-refractivity contribution in [3.05, 3.63) is 87.1 Å². The molecule has 1 aromatic heterocycles. The van der Waals surface area contributed by atoms with E-state index in [4.69, 9.17) is 0 Å². The fourth-order valence-electron chi connectivity index (χ4n) is 2.74. The van der Waals surface area contributed by atoms with Gasteiger partial charge in [-0.1, -0.05) is 18.2 Å². The first-order valence-electron chi connectivity index (χ1n) is 9.02. The van der Waals surface area contributed by atoms with E-state index in [0.717, 1.165) is 11.1 Å². The summed E-state index contributed by atoms with van der Waals surface area (Å²) >= 11 is 1.39. The van der Waals surface area contributed by atoms with Gasteiger partial charge in [-0.25, -0.2) is 0 Å². The van der Waals surface area contributed by atoms with Gasteiger partial charge < -0.3 is 16.0 Å². The highest BCUT2D eigenvalue weighted by Gasteiger charge is 2.11. The zero-order chi connectivity index (χ0) is 20.8. The summed E-state index contributed by atoms with van der Waals surface area (Å²) in [4.78, 5) is 36.9. The molecule has 3 aromatic rings. The summed E-state index contributed by atoms with van der Waals surface area (Å²) in [6.45, 7) is 2.22. The van der Waals surface area contributed by atoms with E-state index in [-0.39, 0.29) is 17.7 Å². The quantitative estimate of drug-likeness (QED) is 0.583. The fraction of sp³-hybridized carbons (Fsp3) is 0.136. The minimum absolute atomic E-state index is 0.113. The molecular weight excluding hydrogens is 386 g/mol. The van der Waals surface area contributed by atoms with Gasteiger partial charge in [-0.05, 0) is 59.8 Å². The monoisotopic (exact) mass is 407 g/mol. The maximum Gasteiger partial charge on any atom is 0.261 e. The van der Waals surface area contributed by atoms with Gasteiger partial charge in [0, 0.05) is 30.4 Å². The second kappa shape index (κ2) is 9.16. The van der Waals surface area contributed by atoms with Crippen LogP contribution in [0.2, 0.25) is 0 Å². The summed E-state index contributed by atoms with van der Waals surface area (Å²) in [5, 5.41) is 10.1. The van der Waals surface area contributed by atoms with E-state index >= 15 is 0 Å². The Balaban J connectivity index is 1.60. The SMILES string of the molecule is CNC(=O)c1ccc(NC(=O)c2ccc(CNC(=O)c3cccs3)cc2)c(C)c1. The molecule has 0 spiro atoms. The molecule has 0 aliphatic carbocycles. The number of thiophene rings is 1. The van der Waals surface area contributed by atoms with Crippen LogP contribution in [0, 0.1) is 6.92 Å². The van der Waals surface area contributed by atoms with E-state index < -0.39 is 0 Å². The van der Waals surface area contributed by atoms with Crippen molar-refractivity contribution in [1.82, 2.24) is 10.6 Å². The van der Waals surface area contributed by atoms with E-state index in [1.54, 1.807) is 43.4 Å². The summed E-state index contributed by atoms with van der Waals surface area (Å²) in [6.07, 6.45) is 0. The van der Waals surface area contributed by atoms with Gasteiger partial charge in [-0.3, -0.25) is 14.4 Å². The number of carbonyl (C=O) groups is 3. The van der Waals surface area contributed by atoms with Crippen LogP contribution in [0.25, 0.3) is 0 Å². The standard InChI is InChI=1S/C22H21N3O3S/c1-14-12-17(20(26)23-2)9-10-18(14)25-21(27)16-7-5-15(6-8-16)13-24-22(28)19-4-3-11-29-19/h3-12H,13H2,1-2H3,(H,23,26)(H,24,28)(H,25,27). The third kappa shape index (κ3) is 5.08. The number of amides is 3. The molecule has 148 valence electrons. The maximum absolute atomic E-state index is 12.5. The first-order chi connectivity index (χ1) is 14.0. The van der Waals surface area contributed by atoms with Crippen LogP contribution in [0.5, 0.6) is 0 Å². The topological polar surface area (TPSA) is 87.3 Å². The predicted octanol–water partition coefficient (Wildman–Crippen LogP) is 3.60. The number of nitrogens with one attached hydrogen (secondary N) is 3. The van der Waals surface area contributed by atoms with Crippen LogP contribution < -0.4 is 16.0 Å². The summed E-state index contributed by atoms with van der Waals surface area (Å²) in [5.41, 5.74) is 3.39. The zero-order valence-corrected chi connectivity index (χ0v) is 16.9. The van der Waals surface area contributed by atoms with E-state index in [2.05, 4.69) is 16.0 Å². The average molecular weight is 407 g/mol. The Morgan fingerprint density at radius 1 is 0.897 bits per heavy atom. The van der Waals surface area contributed by atoms with Gasteiger partial charge >= 0.3 is 0 Å². The van der Waals surface area contributed by atoms with Gasteiger partial charge in [0.15, 0.2) is 0 Å². The van der Waals surface area contributed by atoms with E-state index in [1.165, 1.54) is 11.3 Å². The minimum Gasteiger partial charge on any atom is -0.355 e. The molecule has 0 fully saturated rings. The van der Waals surface area contributed by atoms with Crippen LogP contribution >= 0.6 is 11.3 Å². The first kappa shape index (κ1) is 20.3. The second-order valence-corrected chi connectivity index (χ2v) is 7.37. The van der Waals surface area contributed by atoms with Crippen molar-refractivity contribution >= 4 is 34.7 Å². The van der Waals surface area contributed by atoms with Crippen molar-refractivity contribution in [3.63, 3.8) is 0 Å². The normalized spacial score (nSPS) is 10.3. The summed E-state index contributed by atoms with van der Waals surface area (Å²) in [7, 11) is 1.57. The summed E-state index contributed by atoms with van der Waals surface area (Å²) in [5.74, 6) is -0.528. The molecule has 29 heavy (non-hydrogen) atoms. The smallest absolute Gasteiger partial charge is 0.261 e. The molecule has 0 saturated heterocycles. The molecule has 6 nitrogen and oxygen atoms in total. The lowest BCUT2D eigenvalue weighted by Gasteiger charge is -2.10. The predicted molar refractivity (Wildman–Crippen MR) is 114 cm³/mol. The van der Waals surface area contributed by atoms with Gasteiger partial charge in [-0.15, -0.1) is 11.3 Å². The molecule has 0 unspecified atom stereocenters. The molecule has 3 rings (SSSR count). The van der Waals surface area contributed by atoms with Crippen LogP contribution in [0.1, 0.15) is 41.5 Å². The highest BCUT2D eigenvalue weighted by molar-refractivity contribution is 7.12. The third-order valence-electron chi connectivity index (χ3n) is 4.38. The summed E-state index contributed by atoms with van der Waals surface area (Å²) < 4.78 is 0. The number of hydrogen-bond acceptors (Lipinski definition) is 4. The van der Waals surface area contributed by atoms with Crippen molar-refractivity contribution in [2.45, 2.75) is 13.5 Å². The van der Waals surface area contributed by atoms with Crippen molar-refractivity contribution in [3.8, 4) is 0 Å². The molecule has 0 atom stereocenters. The van der Waals surface area contributed by atoms with Crippen molar-refractivity contribution in [2.75, 3.05) is 12.4 Å². The fourth-order valence-corrected chi connectivity index (χ4v) is 3.38. The number of hydrogen-bond donors (Lipinski definition) is 3. The Morgan fingerprint density at radius 3 is 2.24 bits per heavy atom. The number of anilines is 1. The van der Waals surface area contributed by atoms with E-state index in [0.29, 0.717) is 28.2 Å². The Morgan fingerprint density at radius 2 is 1.62 bits per heavy atom. The molecule has 0 aliphatic heterocycles. The largest absolute Gasteiger partial charge is 0.355 e. The van der Waals surface area contributed by atoms with Crippen LogP contribution in [0.3, 0.4) is 0 Å². The number of rotatable bonds is 6. The molecule has 0 saturated carbocycles. The molecule has 1 heterocycles. The molecule has 7 heteroatoms. The highest BCUT2D eigenvalue weighted by atomic mass is 32.1. The zero-order valence-electron chi connectivity index (χ0n) is 16.1. The van der Waals surface area contributed by atoms with Crippen molar-refractivity contribution in [1.29, 1.82) is 0 Å². The number of benzene rings is 2. The van der Waals surface area contributed by atoms with Crippen molar-refractivity contribution < 1.29 is 14.4 Å². The molecule has 3 amide bonds. The van der Waals surface area contributed by atoms with Gasteiger partial charge in [-0.2, -0.15) is 0 Å². The Hall–Kier alpha value is -3.45. The van der Waals surface area contributed by atoms with Crippen LogP contribution in [0.15, 0.2) is 60.0 Å². The number of aryl methyl sites for hydroxylation is 1. The molecule has 0 radical (unpaired) electrons. The van der Waals surface area contributed by atoms with Gasteiger partial charge in [0.25, 0.3) is 17.7 Å². The van der Waals surface area contributed by atoms with Crippen LogP contribution in [-0.2, 0) is 6.54 Å².